The van der Waals surface area contributed by atoms with Crippen LogP contribution in [0.1, 0.15) is 64.9 Å². The molecule has 0 spiro atoms. The summed E-state index contributed by atoms with van der Waals surface area (Å²) in [5.74, 6) is 1.02. The molecule has 1 aromatic carbocycles. The molecule has 0 aliphatic heterocycles. The van der Waals surface area contributed by atoms with Gasteiger partial charge in [0.2, 0.25) is 8.32 Å². The van der Waals surface area contributed by atoms with Gasteiger partial charge in [0.25, 0.3) is 0 Å². The van der Waals surface area contributed by atoms with Crippen molar-refractivity contribution in [3.05, 3.63) is 29.8 Å². The predicted molar refractivity (Wildman–Crippen MR) is 103 cm³/mol. The van der Waals surface area contributed by atoms with Crippen LogP contribution in [0.5, 0.6) is 5.75 Å². The molecule has 1 N–H and O–H groups in total. The van der Waals surface area contributed by atoms with E-state index in [-0.39, 0.29) is 5.04 Å². The van der Waals surface area contributed by atoms with Crippen LogP contribution in [0.4, 0.5) is 0 Å². The molecule has 0 saturated heterocycles. The molecule has 0 bridgehead atoms. The van der Waals surface area contributed by atoms with Gasteiger partial charge < -0.3 is 9.53 Å². The van der Waals surface area contributed by atoms with E-state index in [4.69, 9.17) is 9.53 Å². The zero-order valence-corrected chi connectivity index (χ0v) is 16.8. The zero-order valence-electron chi connectivity index (χ0n) is 15.8. The molecular weight excluding hydrogens is 300 g/mol. The average molecular weight is 337 g/mol. The van der Waals surface area contributed by atoms with Gasteiger partial charge in [-0.1, -0.05) is 58.6 Å². The second kappa shape index (κ2) is 9.48. The van der Waals surface area contributed by atoms with Gasteiger partial charge in [0.05, 0.1) is 0 Å². The Labute approximate surface area is 144 Å². The number of hydrogen-bond acceptors (Lipinski definition) is 2. The van der Waals surface area contributed by atoms with E-state index in [1.807, 2.05) is 0 Å². The van der Waals surface area contributed by atoms with Crippen LogP contribution >= 0.6 is 0 Å². The van der Waals surface area contributed by atoms with Crippen molar-refractivity contribution in [1.82, 2.24) is 0 Å². The normalized spacial score (nSPS) is 12.4. The Kier molecular flexibility index (Phi) is 8.35. The van der Waals surface area contributed by atoms with Crippen LogP contribution in [0.15, 0.2) is 24.3 Å². The highest BCUT2D eigenvalue weighted by Gasteiger charge is 2.38. The molecule has 0 heterocycles. The molecule has 0 aliphatic rings. The highest BCUT2D eigenvalue weighted by molar-refractivity contribution is 6.74. The molecule has 0 aromatic heterocycles. The van der Waals surface area contributed by atoms with Crippen LogP contribution < -0.4 is 4.43 Å². The van der Waals surface area contributed by atoms with Crippen molar-refractivity contribution < 1.29 is 9.53 Å². The smallest absolute Gasteiger partial charge is 0.250 e. The van der Waals surface area contributed by atoms with Gasteiger partial charge in [-0.3, -0.25) is 0 Å². The topological polar surface area (TPSA) is 29.5 Å². The molecule has 0 amide bonds. The van der Waals surface area contributed by atoms with E-state index in [0.717, 1.165) is 25.0 Å². The van der Waals surface area contributed by atoms with E-state index in [1.54, 1.807) is 0 Å². The lowest BCUT2D eigenvalue weighted by Gasteiger charge is -2.36. The first kappa shape index (κ1) is 20.2. The van der Waals surface area contributed by atoms with Crippen LogP contribution in [0.2, 0.25) is 18.1 Å². The first-order valence-corrected chi connectivity index (χ1v) is 12.1. The standard InChI is InChI=1S/C20H36O2Si/c1-20(2,3)23(4,5)22-19-15-13-18(14-16-19)12-10-8-6-7-9-11-17-21/h13-16,21H,6-12,17H2,1-5H3. The van der Waals surface area contributed by atoms with Gasteiger partial charge in [0, 0.05) is 6.61 Å². The Hall–Kier alpha value is -0.803. The largest absolute Gasteiger partial charge is 0.544 e. The summed E-state index contributed by atoms with van der Waals surface area (Å²) in [7, 11) is -1.73. The van der Waals surface area contributed by atoms with Crippen molar-refractivity contribution in [3.8, 4) is 5.75 Å². The van der Waals surface area contributed by atoms with E-state index in [0.29, 0.717) is 6.61 Å². The highest BCUT2D eigenvalue weighted by Crippen LogP contribution is 2.37. The fourth-order valence-corrected chi connectivity index (χ4v) is 3.35. The van der Waals surface area contributed by atoms with E-state index < -0.39 is 8.32 Å². The quantitative estimate of drug-likeness (QED) is 0.423. The number of benzene rings is 1. The van der Waals surface area contributed by atoms with Crippen LogP contribution in [0.25, 0.3) is 0 Å². The minimum absolute atomic E-state index is 0.238. The third-order valence-electron chi connectivity index (χ3n) is 4.98. The van der Waals surface area contributed by atoms with Crippen molar-refractivity contribution in [1.29, 1.82) is 0 Å². The highest BCUT2D eigenvalue weighted by atomic mass is 28.4. The van der Waals surface area contributed by atoms with Crippen molar-refractivity contribution in [2.45, 2.75) is 83.8 Å². The third-order valence-corrected chi connectivity index (χ3v) is 9.33. The van der Waals surface area contributed by atoms with Crippen molar-refractivity contribution >= 4 is 8.32 Å². The third kappa shape index (κ3) is 7.54. The van der Waals surface area contributed by atoms with Gasteiger partial charge >= 0.3 is 0 Å². The summed E-state index contributed by atoms with van der Waals surface area (Å²) in [6, 6.07) is 8.70. The van der Waals surface area contributed by atoms with Crippen molar-refractivity contribution in [2.75, 3.05) is 6.61 Å². The number of hydrogen-bond donors (Lipinski definition) is 1. The second-order valence-corrected chi connectivity index (χ2v) is 12.8. The summed E-state index contributed by atoms with van der Waals surface area (Å²) in [5.41, 5.74) is 1.41. The number of rotatable bonds is 10. The molecule has 1 aromatic rings. The van der Waals surface area contributed by atoms with Gasteiger partial charge in [0.1, 0.15) is 5.75 Å². The number of aliphatic hydroxyl groups excluding tert-OH is 1. The SMILES string of the molecule is CC(C)(C)[Si](C)(C)Oc1ccc(CCCCCCCCO)cc1. The Morgan fingerprint density at radius 3 is 1.91 bits per heavy atom. The maximum absolute atomic E-state index is 8.75. The molecule has 0 radical (unpaired) electrons. The van der Waals surface area contributed by atoms with Gasteiger partial charge in [-0.25, -0.2) is 0 Å². The van der Waals surface area contributed by atoms with Gasteiger partial charge in [-0.15, -0.1) is 0 Å². The number of aryl methyl sites for hydroxylation is 1. The molecule has 1 rings (SSSR count). The summed E-state index contributed by atoms with van der Waals surface area (Å²) < 4.78 is 6.32. The summed E-state index contributed by atoms with van der Waals surface area (Å²) in [6.45, 7) is 11.7. The van der Waals surface area contributed by atoms with Crippen molar-refractivity contribution in [2.24, 2.45) is 0 Å². The van der Waals surface area contributed by atoms with Gasteiger partial charge in [-0.05, 0) is 55.1 Å². The van der Waals surface area contributed by atoms with E-state index in [2.05, 4.69) is 58.1 Å². The lowest BCUT2D eigenvalue weighted by Crippen LogP contribution is -2.43. The van der Waals surface area contributed by atoms with Crippen LogP contribution in [-0.2, 0) is 6.42 Å². The maximum atomic E-state index is 8.75. The molecular formula is C20H36O2Si. The molecule has 0 unspecified atom stereocenters. The first-order chi connectivity index (χ1) is 10.8. The molecule has 23 heavy (non-hydrogen) atoms. The second-order valence-electron chi connectivity index (χ2n) is 8.10. The fraction of sp³-hybridized carbons (Fsp3) is 0.700. The molecule has 0 aliphatic carbocycles. The lowest BCUT2D eigenvalue weighted by molar-refractivity contribution is 0.282. The van der Waals surface area contributed by atoms with E-state index in [1.165, 1.54) is 31.2 Å². The van der Waals surface area contributed by atoms with E-state index >= 15 is 0 Å². The van der Waals surface area contributed by atoms with Crippen LogP contribution in [0, 0.1) is 0 Å². The van der Waals surface area contributed by atoms with Crippen LogP contribution in [-0.4, -0.2) is 20.0 Å². The maximum Gasteiger partial charge on any atom is 0.250 e. The molecule has 3 heteroatoms. The van der Waals surface area contributed by atoms with Crippen LogP contribution in [0.3, 0.4) is 0 Å². The Morgan fingerprint density at radius 1 is 0.870 bits per heavy atom. The fourth-order valence-electron chi connectivity index (χ4n) is 2.32. The predicted octanol–water partition coefficient (Wildman–Crippen LogP) is 5.95. The summed E-state index contributed by atoms with van der Waals surface area (Å²) in [5, 5.41) is 8.99. The summed E-state index contributed by atoms with van der Waals surface area (Å²) >= 11 is 0. The van der Waals surface area contributed by atoms with Gasteiger partial charge in [-0.2, -0.15) is 0 Å². The molecule has 0 fully saturated rings. The lowest BCUT2D eigenvalue weighted by atomic mass is 10.0. The average Bonchev–Trinajstić information content (AvgIpc) is 2.46. The monoisotopic (exact) mass is 336 g/mol. The Balaban J connectivity index is 2.34. The molecule has 2 nitrogen and oxygen atoms in total. The minimum Gasteiger partial charge on any atom is -0.544 e. The summed E-state index contributed by atoms with van der Waals surface area (Å²) in [4.78, 5) is 0. The zero-order chi connectivity index (χ0) is 17.3. The first-order valence-electron chi connectivity index (χ1n) is 9.15. The summed E-state index contributed by atoms with van der Waals surface area (Å²) in [6.07, 6.45) is 8.34. The Bertz CT molecular complexity index is 432. The minimum atomic E-state index is -1.73. The number of aliphatic hydroxyl groups is 1. The molecule has 132 valence electrons. The van der Waals surface area contributed by atoms with Crippen molar-refractivity contribution in [3.63, 3.8) is 0 Å². The molecule has 0 atom stereocenters. The van der Waals surface area contributed by atoms with Gasteiger partial charge in [0.15, 0.2) is 0 Å². The number of unbranched alkanes of at least 4 members (excludes halogenated alkanes) is 5. The Morgan fingerprint density at radius 2 is 1.39 bits per heavy atom. The molecule has 0 saturated carbocycles. The van der Waals surface area contributed by atoms with E-state index in [9.17, 15) is 0 Å².